The molecule has 0 aromatic heterocycles. The Morgan fingerprint density at radius 1 is 1.10 bits per heavy atom. The largest absolute Gasteiger partial charge is 0.378 e. The molecule has 1 atom stereocenters. The molecule has 2 amide bonds. The Labute approximate surface area is 192 Å². The number of carbonyl (C=O) groups is 2. The minimum atomic E-state index is -0.711. The maximum absolute atomic E-state index is 13.2. The lowest BCUT2D eigenvalue weighted by atomic mass is 10.0. The topological polar surface area (TPSA) is 70.7 Å². The van der Waals surface area contributed by atoms with Gasteiger partial charge in [0.2, 0.25) is 5.91 Å². The van der Waals surface area contributed by atoms with Gasteiger partial charge >= 0.3 is 0 Å². The highest BCUT2D eigenvalue weighted by atomic mass is 35.5. The molecule has 0 bridgehead atoms. The van der Waals surface area contributed by atoms with Gasteiger partial charge in [-0.1, -0.05) is 49.2 Å². The number of nitrogens with zero attached hydrogens (tertiary/aromatic N) is 1. The van der Waals surface area contributed by atoms with Crippen LogP contribution in [0.5, 0.6) is 0 Å². The van der Waals surface area contributed by atoms with Crippen molar-refractivity contribution in [3.8, 4) is 0 Å². The third-order valence-corrected chi connectivity index (χ3v) is 5.57. The van der Waals surface area contributed by atoms with E-state index in [-0.39, 0.29) is 22.4 Å². The summed E-state index contributed by atoms with van der Waals surface area (Å²) in [6, 6.07) is 11.6. The van der Waals surface area contributed by atoms with E-state index in [4.69, 9.17) is 27.9 Å². The van der Waals surface area contributed by atoms with Crippen molar-refractivity contribution in [3.63, 3.8) is 0 Å². The number of anilines is 2. The average molecular weight is 464 g/mol. The number of carbonyl (C=O) groups excluding carboxylic acids is 2. The molecule has 0 aliphatic carbocycles. The first-order chi connectivity index (χ1) is 14.8. The van der Waals surface area contributed by atoms with Crippen molar-refractivity contribution in [1.29, 1.82) is 0 Å². The van der Waals surface area contributed by atoms with Crippen molar-refractivity contribution >= 4 is 46.4 Å². The molecule has 0 spiro atoms. The first kappa shape index (κ1) is 23.4. The lowest BCUT2D eigenvalue weighted by Crippen LogP contribution is -2.45. The molecule has 31 heavy (non-hydrogen) atoms. The fourth-order valence-electron chi connectivity index (χ4n) is 3.49. The van der Waals surface area contributed by atoms with Gasteiger partial charge in [-0.05, 0) is 42.7 Å². The van der Waals surface area contributed by atoms with Crippen molar-refractivity contribution in [3.05, 3.63) is 58.1 Å². The maximum Gasteiger partial charge on any atom is 0.253 e. The predicted molar refractivity (Wildman–Crippen MR) is 125 cm³/mol. The summed E-state index contributed by atoms with van der Waals surface area (Å²) in [4.78, 5) is 28.1. The molecule has 1 aliphatic heterocycles. The molecule has 166 valence electrons. The van der Waals surface area contributed by atoms with E-state index in [1.807, 2.05) is 38.1 Å². The molecule has 8 heteroatoms. The summed E-state index contributed by atoms with van der Waals surface area (Å²) in [6.45, 7) is 6.82. The van der Waals surface area contributed by atoms with Gasteiger partial charge in [0.05, 0.1) is 35.2 Å². The standard InChI is InChI=1S/C23H27Cl2N3O3/c1-15(2)13-20(27-22(29)17-8-7-16(24)14-18(17)25)23(30)26-19-5-3-4-6-21(19)28-9-11-31-12-10-28/h3-8,14-15,20H,9-13H2,1-2H3,(H,26,30)(H,27,29)/t20-/m0/s1. The number of morpholine rings is 1. The van der Waals surface area contributed by atoms with Crippen LogP contribution >= 0.6 is 23.2 Å². The highest BCUT2D eigenvalue weighted by Crippen LogP contribution is 2.27. The number of hydrogen-bond acceptors (Lipinski definition) is 4. The number of rotatable bonds is 7. The summed E-state index contributed by atoms with van der Waals surface area (Å²) in [7, 11) is 0. The fraction of sp³-hybridized carbons (Fsp3) is 0.391. The molecular weight excluding hydrogens is 437 g/mol. The highest BCUT2D eigenvalue weighted by Gasteiger charge is 2.25. The van der Waals surface area contributed by atoms with Crippen molar-refractivity contribution in [2.24, 2.45) is 5.92 Å². The Balaban J connectivity index is 1.77. The summed E-state index contributed by atoms with van der Waals surface area (Å²) in [6.07, 6.45) is 0.489. The molecule has 1 fully saturated rings. The zero-order valence-electron chi connectivity index (χ0n) is 17.7. The number of nitrogens with one attached hydrogen (secondary N) is 2. The van der Waals surface area contributed by atoms with E-state index >= 15 is 0 Å². The maximum atomic E-state index is 13.2. The summed E-state index contributed by atoms with van der Waals surface area (Å²) in [5.74, 6) is -0.483. The fourth-order valence-corrected chi connectivity index (χ4v) is 3.99. The molecule has 0 saturated carbocycles. The Morgan fingerprint density at radius 3 is 2.48 bits per heavy atom. The van der Waals surface area contributed by atoms with E-state index in [1.165, 1.54) is 6.07 Å². The van der Waals surface area contributed by atoms with Gasteiger partial charge in [-0.3, -0.25) is 9.59 Å². The Bertz CT molecular complexity index is 930. The molecule has 1 aliphatic rings. The molecule has 2 N–H and O–H groups in total. The van der Waals surface area contributed by atoms with E-state index in [0.29, 0.717) is 30.3 Å². The molecule has 1 saturated heterocycles. The second-order valence-electron chi connectivity index (χ2n) is 7.89. The van der Waals surface area contributed by atoms with Gasteiger partial charge in [-0.2, -0.15) is 0 Å². The monoisotopic (exact) mass is 463 g/mol. The predicted octanol–water partition coefficient (Wildman–Crippen LogP) is 4.61. The third-order valence-electron chi connectivity index (χ3n) is 5.02. The van der Waals surface area contributed by atoms with Crippen LogP contribution in [-0.2, 0) is 9.53 Å². The molecule has 3 rings (SSSR count). The molecular formula is C23H27Cl2N3O3. The van der Waals surface area contributed by atoms with Gasteiger partial charge in [0.15, 0.2) is 0 Å². The van der Waals surface area contributed by atoms with Crippen LogP contribution in [0.25, 0.3) is 0 Å². The van der Waals surface area contributed by atoms with Crippen LogP contribution in [0.1, 0.15) is 30.6 Å². The molecule has 2 aromatic carbocycles. The van der Waals surface area contributed by atoms with Crippen LogP contribution in [0.3, 0.4) is 0 Å². The normalized spacial score (nSPS) is 14.9. The van der Waals surface area contributed by atoms with Gasteiger partial charge in [0.1, 0.15) is 6.04 Å². The number of halogens is 2. The molecule has 6 nitrogen and oxygen atoms in total. The van der Waals surface area contributed by atoms with Gasteiger partial charge in [0.25, 0.3) is 5.91 Å². The van der Waals surface area contributed by atoms with Gasteiger partial charge in [0, 0.05) is 18.1 Å². The van der Waals surface area contributed by atoms with Gasteiger partial charge in [-0.25, -0.2) is 0 Å². The van der Waals surface area contributed by atoms with Gasteiger partial charge < -0.3 is 20.3 Å². The van der Waals surface area contributed by atoms with Crippen LogP contribution in [0, 0.1) is 5.92 Å². The smallest absolute Gasteiger partial charge is 0.253 e. The van der Waals surface area contributed by atoms with Crippen LogP contribution in [0.4, 0.5) is 11.4 Å². The zero-order chi connectivity index (χ0) is 22.4. The Morgan fingerprint density at radius 2 is 1.81 bits per heavy atom. The summed E-state index contributed by atoms with van der Waals surface area (Å²) >= 11 is 12.1. The second kappa shape index (κ2) is 10.8. The minimum absolute atomic E-state index is 0.200. The number of ether oxygens (including phenoxy) is 1. The quantitative estimate of drug-likeness (QED) is 0.628. The van der Waals surface area contributed by atoms with E-state index in [0.717, 1.165) is 18.8 Å². The van der Waals surface area contributed by atoms with Gasteiger partial charge in [-0.15, -0.1) is 0 Å². The van der Waals surface area contributed by atoms with Crippen molar-refractivity contribution in [2.75, 3.05) is 36.5 Å². The number of amides is 2. The first-order valence-corrected chi connectivity index (χ1v) is 11.1. The lowest BCUT2D eigenvalue weighted by Gasteiger charge is -2.31. The highest BCUT2D eigenvalue weighted by molar-refractivity contribution is 6.36. The van der Waals surface area contributed by atoms with Crippen LogP contribution in [0.15, 0.2) is 42.5 Å². The SMILES string of the molecule is CC(C)C[C@H](NC(=O)c1ccc(Cl)cc1Cl)C(=O)Nc1ccccc1N1CCOCC1. The van der Waals surface area contributed by atoms with E-state index < -0.39 is 11.9 Å². The molecule has 1 heterocycles. The lowest BCUT2D eigenvalue weighted by molar-refractivity contribution is -0.118. The minimum Gasteiger partial charge on any atom is -0.378 e. The first-order valence-electron chi connectivity index (χ1n) is 10.3. The summed E-state index contributed by atoms with van der Waals surface area (Å²) in [5, 5.41) is 6.52. The van der Waals surface area contributed by atoms with Crippen LogP contribution in [0.2, 0.25) is 10.0 Å². The summed E-state index contributed by atoms with van der Waals surface area (Å²) in [5.41, 5.74) is 1.93. The van der Waals surface area contributed by atoms with Crippen molar-refractivity contribution in [1.82, 2.24) is 5.32 Å². The molecule has 0 unspecified atom stereocenters. The van der Waals surface area contributed by atoms with Crippen LogP contribution < -0.4 is 15.5 Å². The third kappa shape index (κ3) is 6.35. The number of benzene rings is 2. The Hall–Kier alpha value is -2.28. The molecule has 0 radical (unpaired) electrons. The average Bonchev–Trinajstić information content (AvgIpc) is 2.74. The van der Waals surface area contributed by atoms with Crippen molar-refractivity contribution in [2.45, 2.75) is 26.3 Å². The van der Waals surface area contributed by atoms with E-state index in [1.54, 1.807) is 12.1 Å². The summed E-state index contributed by atoms with van der Waals surface area (Å²) < 4.78 is 5.43. The second-order valence-corrected chi connectivity index (χ2v) is 8.73. The Kier molecular flexibility index (Phi) is 8.18. The zero-order valence-corrected chi connectivity index (χ0v) is 19.2. The molecule has 2 aromatic rings. The van der Waals surface area contributed by atoms with E-state index in [9.17, 15) is 9.59 Å². The number of hydrogen-bond donors (Lipinski definition) is 2. The number of para-hydroxylation sites is 2. The van der Waals surface area contributed by atoms with E-state index in [2.05, 4.69) is 15.5 Å². The van der Waals surface area contributed by atoms with Crippen molar-refractivity contribution < 1.29 is 14.3 Å². The van der Waals surface area contributed by atoms with Crippen LogP contribution in [-0.4, -0.2) is 44.2 Å².